The van der Waals surface area contributed by atoms with Gasteiger partial charge in [0.15, 0.2) is 0 Å². The predicted molar refractivity (Wildman–Crippen MR) is 87.4 cm³/mol. The molecule has 7 heteroatoms. The minimum atomic E-state index is -0.407. The first-order valence-electron chi connectivity index (χ1n) is 7.80. The van der Waals surface area contributed by atoms with Crippen molar-refractivity contribution in [2.45, 2.75) is 12.5 Å². The average Bonchev–Trinajstić information content (AvgIpc) is 2.84. The van der Waals surface area contributed by atoms with Gasteiger partial charge in [-0.1, -0.05) is 23.7 Å². The van der Waals surface area contributed by atoms with E-state index in [2.05, 4.69) is 9.80 Å². The molecule has 124 valence electrons. The molecule has 2 amide bonds. The molecule has 0 aromatic heterocycles. The normalized spacial score (nSPS) is 23.7. The van der Waals surface area contributed by atoms with Crippen molar-refractivity contribution in [1.82, 2.24) is 9.80 Å². The zero-order valence-corrected chi connectivity index (χ0v) is 13.6. The molecule has 23 heavy (non-hydrogen) atoms. The van der Waals surface area contributed by atoms with Crippen molar-refractivity contribution in [2.24, 2.45) is 0 Å². The van der Waals surface area contributed by atoms with Gasteiger partial charge in [0.1, 0.15) is 0 Å². The second-order valence-electron chi connectivity index (χ2n) is 5.84. The summed E-state index contributed by atoms with van der Waals surface area (Å²) >= 11 is 6.13. The Morgan fingerprint density at radius 2 is 1.83 bits per heavy atom. The summed E-state index contributed by atoms with van der Waals surface area (Å²) in [5.41, 5.74) is 0.464. The van der Waals surface area contributed by atoms with Crippen LogP contribution in [0.1, 0.15) is 6.42 Å². The quantitative estimate of drug-likeness (QED) is 0.814. The van der Waals surface area contributed by atoms with Gasteiger partial charge in [-0.3, -0.25) is 19.4 Å². The Morgan fingerprint density at radius 3 is 2.48 bits per heavy atom. The van der Waals surface area contributed by atoms with E-state index in [1.807, 2.05) is 0 Å². The summed E-state index contributed by atoms with van der Waals surface area (Å²) in [5, 5.41) is 9.39. The van der Waals surface area contributed by atoms with Gasteiger partial charge >= 0.3 is 0 Å². The summed E-state index contributed by atoms with van der Waals surface area (Å²) in [6, 6.07) is 6.50. The fourth-order valence-corrected chi connectivity index (χ4v) is 3.45. The Bertz CT molecular complexity index is 602. The van der Waals surface area contributed by atoms with E-state index >= 15 is 0 Å². The van der Waals surface area contributed by atoms with Crippen LogP contribution in [0.25, 0.3) is 0 Å². The van der Waals surface area contributed by atoms with Crippen molar-refractivity contribution in [3.63, 3.8) is 0 Å². The second kappa shape index (κ2) is 6.97. The largest absolute Gasteiger partial charge is 0.395 e. The predicted octanol–water partition coefficient (Wildman–Crippen LogP) is 0.582. The molecule has 1 atom stereocenters. The molecule has 2 heterocycles. The van der Waals surface area contributed by atoms with Crippen molar-refractivity contribution in [3.05, 3.63) is 29.3 Å². The topological polar surface area (TPSA) is 64.1 Å². The van der Waals surface area contributed by atoms with Gasteiger partial charge in [-0.2, -0.15) is 0 Å². The van der Waals surface area contributed by atoms with E-state index in [9.17, 15) is 9.59 Å². The van der Waals surface area contributed by atoms with Crippen LogP contribution in [0.15, 0.2) is 24.3 Å². The Labute approximate surface area is 140 Å². The third kappa shape index (κ3) is 3.26. The number of hydrogen-bond acceptors (Lipinski definition) is 5. The van der Waals surface area contributed by atoms with E-state index in [4.69, 9.17) is 16.7 Å². The maximum absolute atomic E-state index is 12.7. The Balaban J connectivity index is 1.71. The minimum absolute atomic E-state index is 0.140. The number of anilines is 1. The molecule has 0 bridgehead atoms. The zero-order chi connectivity index (χ0) is 16.4. The molecule has 0 saturated carbocycles. The van der Waals surface area contributed by atoms with E-state index in [0.29, 0.717) is 17.3 Å². The molecule has 2 aliphatic rings. The van der Waals surface area contributed by atoms with Crippen LogP contribution < -0.4 is 4.90 Å². The maximum Gasteiger partial charge on any atom is 0.251 e. The molecule has 2 saturated heterocycles. The summed E-state index contributed by atoms with van der Waals surface area (Å²) in [6.45, 7) is 3.83. The van der Waals surface area contributed by atoms with Gasteiger partial charge in [0.25, 0.3) is 5.91 Å². The molecule has 2 fully saturated rings. The molecule has 6 nitrogen and oxygen atoms in total. The van der Waals surface area contributed by atoms with Crippen molar-refractivity contribution < 1.29 is 14.7 Å². The van der Waals surface area contributed by atoms with Crippen LogP contribution in [0.5, 0.6) is 0 Å². The first-order chi connectivity index (χ1) is 11.1. The van der Waals surface area contributed by atoms with Crippen molar-refractivity contribution >= 4 is 29.1 Å². The maximum atomic E-state index is 12.7. The van der Waals surface area contributed by atoms with Gasteiger partial charge in [0.05, 0.1) is 29.8 Å². The number of benzene rings is 1. The Morgan fingerprint density at radius 1 is 1.13 bits per heavy atom. The number of aliphatic hydroxyl groups is 1. The van der Waals surface area contributed by atoms with Crippen molar-refractivity contribution in [2.75, 3.05) is 44.2 Å². The highest BCUT2D eigenvalue weighted by Gasteiger charge is 2.43. The van der Waals surface area contributed by atoms with Crippen LogP contribution in [0.3, 0.4) is 0 Å². The highest BCUT2D eigenvalue weighted by molar-refractivity contribution is 6.36. The molecule has 1 N–H and O–H groups in total. The lowest BCUT2D eigenvalue weighted by molar-refractivity contribution is -0.123. The number of para-hydroxylation sites is 1. The van der Waals surface area contributed by atoms with Crippen molar-refractivity contribution in [3.8, 4) is 0 Å². The first-order valence-corrected chi connectivity index (χ1v) is 8.18. The molecule has 0 radical (unpaired) electrons. The minimum Gasteiger partial charge on any atom is -0.395 e. The van der Waals surface area contributed by atoms with Gasteiger partial charge in [-0.05, 0) is 12.1 Å². The molecular weight excluding hydrogens is 318 g/mol. The van der Waals surface area contributed by atoms with Crippen LogP contribution >= 0.6 is 11.6 Å². The molecular formula is C16H20ClN3O3. The number of amides is 2. The highest BCUT2D eigenvalue weighted by Crippen LogP contribution is 2.31. The summed E-state index contributed by atoms with van der Waals surface area (Å²) < 4.78 is 0. The van der Waals surface area contributed by atoms with E-state index in [1.54, 1.807) is 24.3 Å². The van der Waals surface area contributed by atoms with Crippen LogP contribution in [-0.4, -0.2) is 72.1 Å². The van der Waals surface area contributed by atoms with Crippen LogP contribution in [-0.2, 0) is 9.59 Å². The number of piperazine rings is 1. The fourth-order valence-electron chi connectivity index (χ4n) is 3.23. The highest BCUT2D eigenvalue weighted by atomic mass is 35.5. The summed E-state index contributed by atoms with van der Waals surface area (Å²) in [6.07, 6.45) is 0.198. The Kier molecular flexibility index (Phi) is 4.96. The van der Waals surface area contributed by atoms with Crippen LogP contribution in [0.2, 0.25) is 5.02 Å². The summed E-state index contributed by atoms with van der Waals surface area (Å²) in [4.78, 5) is 30.5. The molecule has 1 aromatic rings. The number of nitrogens with zero attached hydrogens (tertiary/aromatic N) is 3. The van der Waals surface area contributed by atoms with Gasteiger partial charge < -0.3 is 5.11 Å². The van der Waals surface area contributed by atoms with Gasteiger partial charge in [-0.15, -0.1) is 0 Å². The zero-order valence-electron chi connectivity index (χ0n) is 12.8. The molecule has 2 aliphatic heterocycles. The number of carbonyl (C=O) groups excluding carboxylic acids is 2. The molecule has 0 spiro atoms. The lowest BCUT2D eigenvalue weighted by atomic mass is 10.1. The van der Waals surface area contributed by atoms with E-state index in [0.717, 1.165) is 26.2 Å². The SMILES string of the molecule is O=C1CC(N2CCN(CCO)CC2)C(=O)N1c1ccccc1Cl. The molecule has 1 aromatic carbocycles. The van der Waals surface area contributed by atoms with Gasteiger partial charge in [0.2, 0.25) is 5.91 Å². The number of hydrogen-bond donors (Lipinski definition) is 1. The van der Waals surface area contributed by atoms with E-state index < -0.39 is 6.04 Å². The van der Waals surface area contributed by atoms with E-state index in [-0.39, 0.29) is 24.8 Å². The van der Waals surface area contributed by atoms with Gasteiger partial charge in [0, 0.05) is 32.7 Å². The average molecular weight is 338 g/mol. The third-order valence-corrected chi connectivity index (χ3v) is 4.80. The van der Waals surface area contributed by atoms with Crippen molar-refractivity contribution in [1.29, 1.82) is 0 Å². The monoisotopic (exact) mass is 337 g/mol. The van der Waals surface area contributed by atoms with Gasteiger partial charge in [-0.25, -0.2) is 4.90 Å². The lowest BCUT2D eigenvalue weighted by Crippen LogP contribution is -2.53. The molecule has 3 rings (SSSR count). The fraction of sp³-hybridized carbons (Fsp3) is 0.500. The number of rotatable bonds is 4. The molecule has 1 unspecified atom stereocenters. The smallest absolute Gasteiger partial charge is 0.251 e. The van der Waals surface area contributed by atoms with Crippen LogP contribution in [0.4, 0.5) is 5.69 Å². The third-order valence-electron chi connectivity index (χ3n) is 4.48. The number of carbonyl (C=O) groups is 2. The van der Waals surface area contributed by atoms with E-state index in [1.165, 1.54) is 4.90 Å². The number of halogens is 1. The Hall–Kier alpha value is -1.47. The second-order valence-corrected chi connectivity index (χ2v) is 6.25. The number of imide groups is 1. The van der Waals surface area contributed by atoms with Crippen LogP contribution in [0, 0.1) is 0 Å². The standard InChI is InChI=1S/C16H20ClN3O3/c17-12-3-1-2-4-13(12)20-15(22)11-14(16(20)23)19-7-5-18(6-8-19)9-10-21/h1-4,14,21H,5-11H2. The summed E-state index contributed by atoms with van der Waals surface area (Å²) in [7, 11) is 0. The summed E-state index contributed by atoms with van der Waals surface area (Å²) in [5.74, 6) is -0.399. The number of aliphatic hydroxyl groups excluding tert-OH is 1. The lowest BCUT2D eigenvalue weighted by Gasteiger charge is -2.36. The first kappa shape index (κ1) is 16.4. The molecule has 0 aliphatic carbocycles. The number of β-amino-alcohol motifs (C(OH)–C–C–N with tert-alkyl or cyclic N) is 1.